The Morgan fingerprint density at radius 3 is 0.765 bits per heavy atom. The first-order chi connectivity index (χ1) is 7.00. The maximum absolute atomic E-state index is 10.9. The zero-order valence-corrected chi connectivity index (χ0v) is 28.7. The fraction of sp³-hybridized carbons (Fsp3) is 1.00. The quantitative estimate of drug-likeness (QED) is 0.243. The molecular weight excluding hydrogens is 1360 g/mol. The molecule has 0 fully saturated rings. The summed E-state index contributed by atoms with van der Waals surface area (Å²) in [6.45, 7) is 0. The molecule has 0 aromatic carbocycles. The molecule has 0 bridgehead atoms. The van der Waals surface area contributed by atoms with Crippen molar-refractivity contribution < 1.29 is 10.2 Å². The summed E-state index contributed by atoms with van der Waals surface area (Å²) < 4.78 is -3.81. The van der Waals surface area contributed by atoms with Crippen molar-refractivity contribution >= 4 is 226 Å². The highest BCUT2D eigenvalue weighted by Gasteiger charge is 2.69. The molecule has 0 amide bonds. The Hall–Kier alpha value is 7.22. The van der Waals surface area contributed by atoms with Gasteiger partial charge in [0.05, 0.1) is 0 Å². The summed E-state index contributed by atoms with van der Waals surface area (Å²) in [5.41, 5.74) is 0. The van der Waals surface area contributed by atoms with Gasteiger partial charge in [-0.1, -0.05) is 181 Å². The number of halogens is 10. The van der Waals surface area contributed by atoms with Crippen LogP contribution in [0.3, 0.4) is 0 Å². The van der Waals surface area contributed by atoms with Gasteiger partial charge in [-0.05, 0) is 45.2 Å². The molecule has 17 heavy (non-hydrogen) atoms. The first-order valence-electron chi connectivity index (χ1n) is 3.34. The van der Waals surface area contributed by atoms with E-state index in [0.29, 0.717) is 0 Å². The number of hydrogen-bond acceptors (Lipinski definition) is 2. The molecule has 0 rings (SSSR count). The Labute approximate surface area is 236 Å². The van der Waals surface area contributed by atoms with Crippen LogP contribution in [0.4, 0.5) is 0 Å². The first kappa shape index (κ1) is 24.2. The molecule has 2 nitrogen and oxygen atoms in total. The van der Waals surface area contributed by atoms with Crippen LogP contribution in [0, 0.1) is 0 Å². The lowest BCUT2D eigenvalue weighted by atomic mass is 10.2. The van der Waals surface area contributed by atoms with E-state index in [1.165, 1.54) is 0 Å². The summed E-state index contributed by atoms with van der Waals surface area (Å²) in [6, 6.07) is 0. The monoisotopic (exact) mass is 1360 g/mol. The predicted octanol–water partition coefficient (Wildman–Crippen LogP) is 6.72. The minimum absolute atomic E-state index is 0.433. The molecule has 0 spiro atoms. The molecule has 0 aliphatic heterocycles. The number of rotatable bonds is 4. The van der Waals surface area contributed by atoms with Gasteiger partial charge in [-0.15, -0.1) is 0 Å². The Kier molecular flexibility index (Phi) is 11.8. The summed E-state index contributed by atoms with van der Waals surface area (Å²) in [4.78, 5) is 0. The van der Waals surface area contributed by atoms with Crippen LogP contribution in [0.1, 0.15) is 0 Å². The Bertz CT molecular complexity index is 258. The van der Waals surface area contributed by atoms with Crippen LogP contribution >= 0.6 is 226 Å². The Balaban J connectivity index is 5.73. The van der Waals surface area contributed by atoms with Gasteiger partial charge >= 0.3 is 0 Å². The van der Waals surface area contributed by atoms with Crippen molar-refractivity contribution in [1.29, 1.82) is 0 Å². The fourth-order valence-electron chi connectivity index (χ4n) is 0.576. The van der Waals surface area contributed by atoms with Gasteiger partial charge in [0.2, 0.25) is 0 Å². The highest BCUT2D eigenvalue weighted by molar-refractivity contribution is 14.3. The average Bonchev–Trinajstić information content (AvgIpc) is 1.98. The van der Waals surface area contributed by atoms with Gasteiger partial charge in [0.25, 0.3) is 0 Å². The molecule has 2 atom stereocenters. The second-order valence-electron chi connectivity index (χ2n) is 2.81. The SMILES string of the molecule is OC(I)(C(I)(I)I)C(I)(I)C(O)(I)C(I)(I)I. The highest BCUT2D eigenvalue weighted by Crippen LogP contribution is 2.68. The molecule has 0 aromatic rings. The predicted molar refractivity (Wildman–Crippen MR) is 158 cm³/mol. The number of hydrogen-bond donors (Lipinski definition) is 2. The molecule has 0 saturated heterocycles. The average molecular weight is 1360 g/mol. The smallest absolute Gasteiger partial charge is 0.175 e. The van der Waals surface area contributed by atoms with Gasteiger partial charge in [-0.2, -0.15) is 0 Å². The fourth-order valence-corrected chi connectivity index (χ4v) is 12.1. The summed E-state index contributed by atoms with van der Waals surface area (Å²) >= 11 is 21.6. The molecule has 12 heteroatoms. The molecule has 2 unspecified atom stereocenters. The van der Waals surface area contributed by atoms with Crippen LogP contribution in [0.25, 0.3) is 0 Å². The second-order valence-corrected chi connectivity index (χ2v) is 33.3. The summed E-state index contributed by atoms with van der Waals surface area (Å²) in [6.07, 6.45) is 0. The van der Waals surface area contributed by atoms with Crippen molar-refractivity contribution in [2.45, 2.75) is 7.51 Å². The maximum Gasteiger partial charge on any atom is 0.175 e. The van der Waals surface area contributed by atoms with Crippen molar-refractivity contribution in [1.82, 2.24) is 0 Å². The van der Waals surface area contributed by atoms with E-state index in [0.717, 1.165) is 0 Å². The zero-order valence-electron chi connectivity index (χ0n) is 7.17. The Morgan fingerprint density at radius 2 is 0.647 bits per heavy atom. The van der Waals surface area contributed by atoms with E-state index in [2.05, 4.69) is 181 Å². The van der Waals surface area contributed by atoms with Crippen LogP contribution in [-0.4, -0.2) is 17.7 Å². The van der Waals surface area contributed by atoms with Crippen LogP contribution in [0.5, 0.6) is 0 Å². The molecule has 0 aliphatic carbocycles. The van der Waals surface area contributed by atoms with Crippen molar-refractivity contribution in [3.8, 4) is 0 Å². The molecule has 0 heterocycles. The largest absolute Gasteiger partial charge is 0.374 e. The van der Waals surface area contributed by atoms with E-state index in [1.54, 1.807) is 0 Å². The third-order valence-corrected chi connectivity index (χ3v) is 22.9. The van der Waals surface area contributed by atoms with E-state index in [9.17, 15) is 10.2 Å². The summed E-state index contributed by atoms with van der Waals surface area (Å²) in [7, 11) is 0. The molecule has 104 valence electrons. The lowest BCUT2D eigenvalue weighted by Gasteiger charge is -2.49. The summed E-state index contributed by atoms with van der Waals surface area (Å²) in [5, 5.41) is 21.7. The van der Waals surface area contributed by atoms with E-state index >= 15 is 0 Å². The minimum atomic E-state index is -1.09. The minimum Gasteiger partial charge on any atom is -0.374 e. The molecule has 0 radical (unpaired) electrons. The van der Waals surface area contributed by atoms with Gasteiger partial charge in [-0.3, -0.25) is 0 Å². The van der Waals surface area contributed by atoms with Crippen LogP contribution in [-0.2, 0) is 0 Å². The maximum atomic E-state index is 10.9. The van der Waals surface area contributed by atoms with Crippen LogP contribution in [0.15, 0.2) is 0 Å². The van der Waals surface area contributed by atoms with Crippen molar-refractivity contribution in [2.24, 2.45) is 0 Å². The zero-order chi connectivity index (χ0) is 14.5. The normalized spacial score (nSPS) is 21.9. The third-order valence-electron chi connectivity index (χ3n) is 1.58. The molecule has 0 saturated carbocycles. The van der Waals surface area contributed by atoms with Gasteiger partial charge in [-0.25, -0.2) is 0 Å². The van der Waals surface area contributed by atoms with E-state index in [4.69, 9.17) is 0 Å². The molecule has 2 N–H and O–H groups in total. The lowest BCUT2D eigenvalue weighted by molar-refractivity contribution is 0.0894. The van der Waals surface area contributed by atoms with Gasteiger partial charge < -0.3 is 10.2 Å². The first-order valence-corrected chi connectivity index (χ1v) is 14.1. The van der Waals surface area contributed by atoms with Crippen molar-refractivity contribution in [2.75, 3.05) is 0 Å². The standard InChI is InChI=1S/C5H2I10O2/c6-1(7,2(8,16)4(10,11)12)3(9,17)5(13,14)15/h16-17H. The lowest BCUT2D eigenvalue weighted by Crippen LogP contribution is -2.63. The van der Waals surface area contributed by atoms with E-state index in [1.807, 2.05) is 45.2 Å². The van der Waals surface area contributed by atoms with Gasteiger partial charge in [0.15, 0.2) is 7.51 Å². The third kappa shape index (κ3) is 5.60. The highest BCUT2D eigenvalue weighted by atomic mass is 127. The van der Waals surface area contributed by atoms with Crippen LogP contribution < -0.4 is 0 Å². The van der Waals surface area contributed by atoms with Gasteiger partial charge in [0, 0.05) is 0 Å². The topological polar surface area (TPSA) is 40.5 Å². The van der Waals surface area contributed by atoms with E-state index in [-0.39, 0.29) is 0 Å². The van der Waals surface area contributed by atoms with Crippen molar-refractivity contribution in [3.63, 3.8) is 0 Å². The van der Waals surface area contributed by atoms with Crippen molar-refractivity contribution in [3.05, 3.63) is 0 Å². The van der Waals surface area contributed by atoms with E-state index < -0.39 is 7.51 Å². The van der Waals surface area contributed by atoms with Crippen LogP contribution in [0.2, 0.25) is 0 Å². The Morgan fingerprint density at radius 1 is 0.471 bits per heavy atom. The number of alkyl halides is 10. The molecule has 0 aromatic heterocycles. The van der Waals surface area contributed by atoms with Gasteiger partial charge in [0.1, 0.15) is 0 Å². The number of aliphatic hydroxyl groups is 2. The molecular formula is C5H2I10O2. The second kappa shape index (κ2) is 8.28. The molecule has 0 aliphatic rings. The summed E-state index contributed by atoms with van der Waals surface area (Å²) in [5.74, 6) is 0.